The molecule has 1 fully saturated rings. The average Bonchev–Trinajstić information content (AvgIpc) is 2.71. The lowest BCUT2D eigenvalue weighted by Crippen LogP contribution is -2.46. The van der Waals surface area contributed by atoms with Gasteiger partial charge in [-0.2, -0.15) is 0 Å². The van der Waals surface area contributed by atoms with Crippen LogP contribution < -0.4 is 5.32 Å². The highest BCUT2D eigenvalue weighted by molar-refractivity contribution is 4.96. The minimum absolute atomic E-state index is 0.665. The van der Waals surface area contributed by atoms with E-state index < -0.39 is 0 Å². The largest absolute Gasteiger partial charge is 0.364 e. The molecular weight excluding hydrogens is 190 g/mol. The van der Waals surface area contributed by atoms with Gasteiger partial charge in [-0.05, 0) is 19.4 Å². The van der Waals surface area contributed by atoms with Crippen LogP contribution in [0.15, 0.2) is 16.9 Å². The quantitative estimate of drug-likeness (QED) is 0.809. The number of piperidine rings is 1. The van der Waals surface area contributed by atoms with Gasteiger partial charge in [0.1, 0.15) is 6.26 Å². The van der Waals surface area contributed by atoms with E-state index in [2.05, 4.69) is 29.3 Å². The van der Waals surface area contributed by atoms with Crippen molar-refractivity contribution in [2.75, 3.05) is 20.1 Å². The van der Waals surface area contributed by atoms with Gasteiger partial charge in [-0.1, -0.05) is 12.1 Å². The summed E-state index contributed by atoms with van der Waals surface area (Å²) in [5.74, 6) is 0.704. The predicted octanol–water partition coefficient (Wildman–Crippen LogP) is 1.10. The van der Waals surface area contributed by atoms with Crippen LogP contribution in [0.25, 0.3) is 0 Å². The zero-order valence-electron chi connectivity index (χ0n) is 9.44. The molecule has 84 valence electrons. The van der Waals surface area contributed by atoms with E-state index in [1.54, 1.807) is 6.26 Å². The van der Waals surface area contributed by atoms with Gasteiger partial charge in [0.05, 0.1) is 5.69 Å². The lowest BCUT2D eigenvalue weighted by Gasteiger charge is -2.36. The standard InChI is InChI=1S/C11H19N3O/c1-9-7-14(5-3-11(9)12-2)8-10-4-6-15-13-10/h4,6,9,11-12H,3,5,7-8H2,1-2H3. The van der Waals surface area contributed by atoms with Crippen molar-refractivity contribution >= 4 is 0 Å². The number of hydrogen-bond donors (Lipinski definition) is 1. The van der Waals surface area contributed by atoms with Gasteiger partial charge in [-0.15, -0.1) is 0 Å². The molecule has 0 aromatic carbocycles. The van der Waals surface area contributed by atoms with Crippen LogP contribution in [0.5, 0.6) is 0 Å². The Kier molecular flexibility index (Phi) is 3.38. The van der Waals surface area contributed by atoms with Crippen LogP contribution in [0, 0.1) is 5.92 Å². The number of nitrogens with zero attached hydrogens (tertiary/aromatic N) is 2. The van der Waals surface area contributed by atoms with E-state index in [0.717, 1.165) is 25.3 Å². The van der Waals surface area contributed by atoms with Crippen LogP contribution >= 0.6 is 0 Å². The minimum atomic E-state index is 0.665. The fourth-order valence-electron chi connectivity index (χ4n) is 2.35. The van der Waals surface area contributed by atoms with E-state index in [-0.39, 0.29) is 0 Å². The lowest BCUT2D eigenvalue weighted by molar-refractivity contribution is 0.142. The molecule has 0 amide bonds. The fourth-order valence-corrected chi connectivity index (χ4v) is 2.35. The maximum absolute atomic E-state index is 4.84. The molecule has 15 heavy (non-hydrogen) atoms. The fraction of sp³-hybridized carbons (Fsp3) is 0.727. The topological polar surface area (TPSA) is 41.3 Å². The molecule has 1 aromatic heterocycles. The summed E-state index contributed by atoms with van der Waals surface area (Å²) in [5, 5.41) is 7.31. The number of rotatable bonds is 3. The van der Waals surface area contributed by atoms with Gasteiger partial charge in [0.15, 0.2) is 0 Å². The molecule has 1 aliphatic rings. The summed E-state index contributed by atoms with van der Waals surface area (Å²) >= 11 is 0. The Morgan fingerprint density at radius 3 is 3.13 bits per heavy atom. The second-order valence-corrected chi connectivity index (χ2v) is 4.39. The summed E-state index contributed by atoms with van der Waals surface area (Å²) in [6.07, 6.45) is 2.86. The molecule has 2 rings (SSSR count). The highest BCUT2D eigenvalue weighted by Gasteiger charge is 2.24. The van der Waals surface area contributed by atoms with Gasteiger partial charge in [-0.25, -0.2) is 0 Å². The number of nitrogens with one attached hydrogen (secondary N) is 1. The first-order valence-electron chi connectivity index (χ1n) is 5.58. The SMILES string of the molecule is CNC1CCN(Cc2ccon2)CC1C. The molecule has 0 bridgehead atoms. The molecule has 0 saturated carbocycles. The van der Waals surface area contributed by atoms with Crippen LogP contribution in [0.4, 0.5) is 0 Å². The van der Waals surface area contributed by atoms with Crippen molar-refractivity contribution < 1.29 is 4.52 Å². The summed E-state index contributed by atoms with van der Waals surface area (Å²) < 4.78 is 4.84. The van der Waals surface area contributed by atoms with E-state index in [0.29, 0.717) is 12.0 Å². The zero-order valence-corrected chi connectivity index (χ0v) is 9.44. The van der Waals surface area contributed by atoms with Gasteiger partial charge in [0, 0.05) is 31.7 Å². The Hall–Kier alpha value is -0.870. The molecular formula is C11H19N3O. The summed E-state index contributed by atoms with van der Waals surface area (Å²) in [6, 6.07) is 2.60. The normalized spacial score (nSPS) is 28.1. The monoisotopic (exact) mass is 209 g/mol. The van der Waals surface area contributed by atoms with Crippen LogP contribution in [-0.4, -0.2) is 36.2 Å². The zero-order chi connectivity index (χ0) is 10.7. The summed E-state index contributed by atoms with van der Waals surface area (Å²) in [6.45, 7) is 5.49. The molecule has 4 heteroatoms. The highest BCUT2D eigenvalue weighted by Crippen LogP contribution is 2.17. The molecule has 1 N–H and O–H groups in total. The third-order valence-electron chi connectivity index (χ3n) is 3.24. The molecule has 1 aromatic rings. The molecule has 2 unspecified atom stereocenters. The van der Waals surface area contributed by atoms with Crippen molar-refractivity contribution in [2.45, 2.75) is 25.9 Å². The lowest BCUT2D eigenvalue weighted by atomic mass is 9.94. The molecule has 4 nitrogen and oxygen atoms in total. The van der Waals surface area contributed by atoms with Crippen molar-refractivity contribution in [3.8, 4) is 0 Å². The Bertz CT molecular complexity index is 286. The average molecular weight is 209 g/mol. The molecule has 0 spiro atoms. The molecule has 2 atom stereocenters. The second kappa shape index (κ2) is 4.77. The summed E-state index contributed by atoms with van der Waals surface area (Å²) in [4.78, 5) is 2.44. The summed E-state index contributed by atoms with van der Waals surface area (Å²) in [5.41, 5.74) is 1.03. The van der Waals surface area contributed by atoms with E-state index in [1.807, 2.05) is 6.07 Å². The van der Waals surface area contributed by atoms with Crippen LogP contribution in [-0.2, 0) is 6.54 Å². The van der Waals surface area contributed by atoms with Crippen LogP contribution in [0.2, 0.25) is 0 Å². The van der Waals surface area contributed by atoms with E-state index in [1.165, 1.54) is 6.42 Å². The summed E-state index contributed by atoms with van der Waals surface area (Å²) in [7, 11) is 2.05. The first-order valence-corrected chi connectivity index (χ1v) is 5.58. The third-order valence-corrected chi connectivity index (χ3v) is 3.24. The molecule has 0 radical (unpaired) electrons. The first kappa shape index (κ1) is 10.6. The number of likely N-dealkylation sites (tertiary alicyclic amines) is 1. The van der Waals surface area contributed by atoms with E-state index in [4.69, 9.17) is 4.52 Å². The Morgan fingerprint density at radius 2 is 2.53 bits per heavy atom. The number of hydrogen-bond acceptors (Lipinski definition) is 4. The molecule has 2 heterocycles. The maximum Gasteiger partial charge on any atom is 0.124 e. The van der Waals surface area contributed by atoms with E-state index in [9.17, 15) is 0 Å². The van der Waals surface area contributed by atoms with Crippen molar-refractivity contribution in [3.63, 3.8) is 0 Å². The molecule has 1 saturated heterocycles. The van der Waals surface area contributed by atoms with Gasteiger partial charge in [0.2, 0.25) is 0 Å². The third kappa shape index (κ3) is 2.58. The van der Waals surface area contributed by atoms with Gasteiger partial charge < -0.3 is 9.84 Å². The van der Waals surface area contributed by atoms with Gasteiger partial charge in [0.25, 0.3) is 0 Å². The van der Waals surface area contributed by atoms with Gasteiger partial charge >= 0.3 is 0 Å². The van der Waals surface area contributed by atoms with Crippen molar-refractivity contribution in [1.29, 1.82) is 0 Å². The van der Waals surface area contributed by atoms with Crippen molar-refractivity contribution in [1.82, 2.24) is 15.4 Å². The maximum atomic E-state index is 4.84. The van der Waals surface area contributed by atoms with Crippen molar-refractivity contribution in [3.05, 3.63) is 18.0 Å². The van der Waals surface area contributed by atoms with Crippen molar-refractivity contribution in [2.24, 2.45) is 5.92 Å². The van der Waals surface area contributed by atoms with Gasteiger partial charge in [-0.3, -0.25) is 4.90 Å². The predicted molar refractivity (Wildman–Crippen MR) is 58.4 cm³/mol. The highest BCUT2D eigenvalue weighted by atomic mass is 16.5. The van der Waals surface area contributed by atoms with Crippen LogP contribution in [0.3, 0.4) is 0 Å². The molecule has 1 aliphatic heterocycles. The first-order chi connectivity index (χ1) is 7.29. The Labute approximate surface area is 90.6 Å². The second-order valence-electron chi connectivity index (χ2n) is 4.39. The number of aromatic nitrogens is 1. The van der Waals surface area contributed by atoms with Crippen LogP contribution in [0.1, 0.15) is 19.0 Å². The minimum Gasteiger partial charge on any atom is -0.364 e. The smallest absolute Gasteiger partial charge is 0.124 e. The van der Waals surface area contributed by atoms with E-state index >= 15 is 0 Å². The molecule has 0 aliphatic carbocycles. The Morgan fingerprint density at radius 1 is 1.67 bits per heavy atom. The Balaban J connectivity index is 1.86.